The first-order valence-corrected chi connectivity index (χ1v) is 18.5. The van der Waals surface area contributed by atoms with Crippen LogP contribution >= 0.6 is 0 Å². The Kier molecular flexibility index (Phi) is 8.57. The molecule has 0 saturated carbocycles. The third kappa shape index (κ3) is 6.45. The number of hydrogen-bond acceptors (Lipinski definition) is 3. The zero-order valence-electron chi connectivity index (χ0n) is 30.9. The number of aryl methyl sites for hydroxylation is 3. The maximum absolute atomic E-state index is 5.74. The molecule has 5 nitrogen and oxygen atoms in total. The lowest BCUT2D eigenvalue weighted by Crippen LogP contribution is -1.93. The van der Waals surface area contributed by atoms with Gasteiger partial charge in [0.25, 0.3) is 0 Å². The third-order valence-electron chi connectivity index (χ3n) is 10.2. The molecular weight excluding hydrogens is 673 g/mol. The number of fused-ring (bicyclic) bond motifs is 8. The van der Waals surface area contributed by atoms with Gasteiger partial charge in [-0.2, -0.15) is 0 Å². The Labute approximate surface area is 320 Å². The molecule has 3 aromatic heterocycles. The number of benzene rings is 4. The lowest BCUT2D eigenvalue weighted by molar-refractivity contribution is 0.370. The minimum atomic E-state index is 0.209. The van der Waals surface area contributed by atoms with E-state index in [2.05, 4.69) is 170 Å². The van der Waals surface area contributed by atoms with Crippen molar-refractivity contribution >= 4 is 46.4 Å². The second-order valence-corrected chi connectivity index (χ2v) is 14.1. The fraction of sp³-hybridized carbons (Fsp3) is 0.0800. The maximum Gasteiger partial charge on any atom is 0.148 e. The van der Waals surface area contributed by atoms with Crippen LogP contribution in [0.5, 0.6) is 5.75 Å². The zero-order valence-corrected chi connectivity index (χ0v) is 30.9. The Morgan fingerprint density at radius 3 is 1.02 bits per heavy atom. The Morgan fingerprint density at radius 2 is 0.727 bits per heavy atom. The number of aromatic nitrogens is 4. The van der Waals surface area contributed by atoms with Crippen LogP contribution in [-0.2, 0) is 0 Å². The molecule has 0 spiro atoms. The lowest BCUT2D eigenvalue weighted by Gasteiger charge is -2.08. The van der Waals surface area contributed by atoms with Crippen LogP contribution in [0.3, 0.4) is 0 Å². The number of rotatable bonds is 6. The van der Waals surface area contributed by atoms with Crippen LogP contribution in [0.15, 0.2) is 121 Å². The SMILES string of the molecule is C#CCOc1ccc(-c2c3nc(c(-c4ccc(C)cc4)c4ccc([nH]4)c(-c4ccc(C)cc4)c4nc(c(-c5ccc(C)cc5)c5ccc2[nH]5)C=C4)C=C3)cc1. The molecule has 0 amide bonds. The molecule has 8 bridgehead atoms. The van der Waals surface area contributed by atoms with E-state index in [0.29, 0.717) is 5.75 Å². The average molecular weight is 711 g/mol. The van der Waals surface area contributed by atoms with Crippen molar-refractivity contribution in [2.45, 2.75) is 20.8 Å². The first-order valence-electron chi connectivity index (χ1n) is 18.5. The van der Waals surface area contributed by atoms with E-state index in [1.165, 1.54) is 16.7 Å². The lowest BCUT2D eigenvalue weighted by atomic mass is 10.0. The van der Waals surface area contributed by atoms with Crippen molar-refractivity contribution in [1.29, 1.82) is 0 Å². The van der Waals surface area contributed by atoms with Gasteiger partial charge >= 0.3 is 0 Å². The summed E-state index contributed by atoms with van der Waals surface area (Å²) in [4.78, 5) is 18.5. The molecule has 264 valence electrons. The number of hydrogen-bond donors (Lipinski definition) is 2. The monoisotopic (exact) mass is 710 g/mol. The summed E-state index contributed by atoms with van der Waals surface area (Å²) >= 11 is 0. The number of aromatic amines is 2. The van der Waals surface area contributed by atoms with E-state index in [-0.39, 0.29) is 6.61 Å². The van der Waals surface area contributed by atoms with Gasteiger partial charge in [0.05, 0.1) is 22.8 Å². The number of terminal acetylenes is 1. The Hall–Kier alpha value is -7.16. The molecule has 55 heavy (non-hydrogen) atoms. The van der Waals surface area contributed by atoms with E-state index in [0.717, 1.165) is 89.4 Å². The Morgan fingerprint density at radius 1 is 0.436 bits per heavy atom. The largest absolute Gasteiger partial charge is 0.481 e. The maximum atomic E-state index is 5.74. The molecule has 0 atom stereocenters. The molecule has 5 heteroatoms. The molecule has 0 fully saturated rings. The van der Waals surface area contributed by atoms with Crippen LogP contribution in [0, 0.1) is 33.1 Å². The molecule has 9 rings (SSSR count). The molecule has 2 aliphatic heterocycles. The fourth-order valence-electron chi connectivity index (χ4n) is 7.42. The predicted molar refractivity (Wildman–Crippen MR) is 229 cm³/mol. The molecule has 0 radical (unpaired) electrons. The van der Waals surface area contributed by atoms with Crippen LogP contribution in [-0.4, -0.2) is 26.5 Å². The van der Waals surface area contributed by atoms with Gasteiger partial charge in [0.15, 0.2) is 0 Å². The normalized spacial score (nSPS) is 11.8. The van der Waals surface area contributed by atoms with Crippen LogP contribution < -0.4 is 4.74 Å². The second-order valence-electron chi connectivity index (χ2n) is 14.1. The molecule has 5 heterocycles. The van der Waals surface area contributed by atoms with Crippen molar-refractivity contribution in [2.24, 2.45) is 0 Å². The molecule has 4 aromatic carbocycles. The van der Waals surface area contributed by atoms with Crippen molar-refractivity contribution in [2.75, 3.05) is 6.61 Å². The van der Waals surface area contributed by atoms with Crippen LogP contribution in [0.4, 0.5) is 0 Å². The second kappa shape index (κ2) is 14.0. The van der Waals surface area contributed by atoms with Gasteiger partial charge < -0.3 is 14.7 Å². The summed E-state index contributed by atoms with van der Waals surface area (Å²) in [7, 11) is 0. The highest BCUT2D eigenvalue weighted by atomic mass is 16.5. The van der Waals surface area contributed by atoms with Crippen molar-refractivity contribution in [3.8, 4) is 62.6 Å². The summed E-state index contributed by atoms with van der Waals surface area (Å²) in [5.41, 5.74) is 19.2. The summed E-state index contributed by atoms with van der Waals surface area (Å²) in [6.45, 7) is 6.55. The molecular formula is C50H38N4O. The van der Waals surface area contributed by atoms with Gasteiger partial charge in [-0.15, -0.1) is 6.42 Å². The predicted octanol–water partition coefficient (Wildman–Crippen LogP) is 12.3. The first kappa shape index (κ1) is 33.7. The van der Waals surface area contributed by atoms with Crippen LogP contribution in [0.2, 0.25) is 0 Å². The van der Waals surface area contributed by atoms with Crippen molar-refractivity contribution in [1.82, 2.24) is 19.9 Å². The van der Waals surface area contributed by atoms with E-state index in [9.17, 15) is 0 Å². The van der Waals surface area contributed by atoms with Crippen molar-refractivity contribution in [3.05, 3.63) is 161 Å². The molecule has 0 saturated heterocycles. The summed E-state index contributed by atoms with van der Waals surface area (Å²) in [5.74, 6) is 3.27. The van der Waals surface area contributed by atoms with Crippen molar-refractivity contribution in [3.63, 3.8) is 0 Å². The van der Waals surface area contributed by atoms with E-state index in [1.54, 1.807) is 0 Å². The standard InChI is InChI=1S/C50H38N4O/c1-5-30-55-38-20-18-37(19-21-38)50-45-28-26-43(53-45)48(35-14-8-32(3)9-15-35)41-24-22-39(51-41)47(34-12-6-31(2)7-13-34)40-23-25-42(52-40)49(44-27-29-46(50)54-44)36-16-10-33(4)11-17-36/h1,6-29,51,54H,30H2,2-4H3. The molecule has 2 aliphatic rings. The van der Waals surface area contributed by atoms with Gasteiger partial charge in [0.1, 0.15) is 12.4 Å². The fourth-order valence-corrected chi connectivity index (χ4v) is 7.42. The minimum Gasteiger partial charge on any atom is -0.481 e. The molecule has 0 aliphatic carbocycles. The number of H-pyrrole nitrogens is 2. The van der Waals surface area contributed by atoms with E-state index in [4.69, 9.17) is 21.1 Å². The van der Waals surface area contributed by atoms with Gasteiger partial charge in [0, 0.05) is 44.3 Å². The Balaban J connectivity index is 1.43. The van der Waals surface area contributed by atoms with E-state index < -0.39 is 0 Å². The van der Waals surface area contributed by atoms with Gasteiger partial charge in [0.2, 0.25) is 0 Å². The zero-order chi connectivity index (χ0) is 37.5. The van der Waals surface area contributed by atoms with E-state index >= 15 is 0 Å². The minimum absolute atomic E-state index is 0.209. The van der Waals surface area contributed by atoms with Gasteiger partial charge in [-0.3, -0.25) is 0 Å². The van der Waals surface area contributed by atoms with Gasteiger partial charge in [-0.25, -0.2) is 9.97 Å². The van der Waals surface area contributed by atoms with E-state index in [1.807, 2.05) is 12.1 Å². The number of nitrogens with one attached hydrogen (secondary N) is 2. The topological polar surface area (TPSA) is 66.6 Å². The summed E-state index contributed by atoms with van der Waals surface area (Å²) < 4.78 is 5.74. The third-order valence-corrected chi connectivity index (χ3v) is 10.2. The van der Waals surface area contributed by atoms with Crippen LogP contribution in [0.25, 0.3) is 90.9 Å². The quantitative estimate of drug-likeness (QED) is 0.169. The number of nitrogens with zero attached hydrogens (tertiary/aromatic N) is 2. The highest BCUT2D eigenvalue weighted by Crippen LogP contribution is 2.38. The van der Waals surface area contributed by atoms with Crippen LogP contribution in [0.1, 0.15) is 39.5 Å². The first-order chi connectivity index (χ1) is 26.9. The molecule has 2 N–H and O–H groups in total. The summed E-state index contributed by atoms with van der Waals surface area (Å²) in [6, 6.07) is 42.6. The van der Waals surface area contributed by atoms with Crippen molar-refractivity contribution < 1.29 is 4.74 Å². The summed E-state index contributed by atoms with van der Waals surface area (Å²) in [6.07, 6.45) is 14.0. The Bertz CT molecular complexity index is 2820. The molecule has 0 unspecified atom stereocenters. The highest BCUT2D eigenvalue weighted by molar-refractivity contribution is 5.99. The smallest absolute Gasteiger partial charge is 0.148 e. The van der Waals surface area contributed by atoms with Gasteiger partial charge in [-0.1, -0.05) is 108 Å². The highest BCUT2D eigenvalue weighted by Gasteiger charge is 2.19. The average Bonchev–Trinajstić information content (AvgIpc) is 4.04. The summed E-state index contributed by atoms with van der Waals surface area (Å²) in [5, 5.41) is 0. The molecule has 7 aromatic rings. The van der Waals surface area contributed by atoms with Gasteiger partial charge in [-0.05, 0) is 104 Å². The number of ether oxygens (including phenoxy) is 1.